The van der Waals surface area contributed by atoms with Gasteiger partial charge in [-0.15, -0.1) is 0 Å². The number of rotatable bonds is 3. The summed E-state index contributed by atoms with van der Waals surface area (Å²) in [4.78, 5) is 24.8. The third kappa shape index (κ3) is 1.96. The van der Waals surface area contributed by atoms with Gasteiger partial charge in [0.25, 0.3) is 5.91 Å². The molecule has 106 valence electrons. The summed E-state index contributed by atoms with van der Waals surface area (Å²) in [6, 6.07) is 15.6. The molecule has 0 unspecified atom stereocenters. The van der Waals surface area contributed by atoms with E-state index in [4.69, 9.17) is 0 Å². The largest absolute Gasteiger partial charge is 0.375 e. The number of Topliss-reactive ketones (excluding diaryl/α,β-unsaturated/α-hetero) is 1. The Hall–Kier alpha value is -2.46. The SMILES string of the molecule is C[C@H](C(=O)c1ccccc1)[C@]1(O)C(=O)Nc2ccccc21. The second kappa shape index (κ2) is 4.82. The molecular weight excluding hydrogens is 266 g/mol. The minimum atomic E-state index is -1.83. The van der Waals surface area contributed by atoms with Gasteiger partial charge in [-0.3, -0.25) is 9.59 Å². The number of para-hydroxylation sites is 1. The van der Waals surface area contributed by atoms with Gasteiger partial charge in [0.1, 0.15) is 0 Å². The first-order valence-corrected chi connectivity index (χ1v) is 6.77. The van der Waals surface area contributed by atoms with Crippen molar-refractivity contribution in [2.45, 2.75) is 12.5 Å². The van der Waals surface area contributed by atoms with Gasteiger partial charge in [0.15, 0.2) is 11.4 Å². The monoisotopic (exact) mass is 281 g/mol. The van der Waals surface area contributed by atoms with Crippen molar-refractivity contribution in [2.75, 3.05) is 5.32 Å². The maximum absolute atomic E-state index is 12.6. The molecule has 3 rings (SSSR count). The average molecular weight is 281 g/mol. The number of ketones is 1. The number of nitrogens with one attached hydrogen (secondary N) is 1. The Balaban J connectivity index is 2.03. The van der Waals surface area contributed by atoms with Crippen molar-refractivity contribution < 1.29 is 14.7 Å². The Labute approximate surface area is 122 Å². The third-order valence-corrected chi connectivity index (χ3v) is 4.01. The van der Waals surface area contributed by atoms with Gasteiger partial charge in [0.05, 0.1) is 5.92 Å². The van der Waals surface area contributed by atoms with Crippen LogP contribution < -0.4 is 5.32 Å². The Morgan fingerprint density at radius 3 is 2.43 bits per heavy atom. The summed E-state index contributed by atoms with van der Waals surface area (Å²) in [5.41, 5.74) is -0.344. The number of hydrogen-bond donors (Lipinski definition) is 2. The molecule has 0 saturated carbocycles. The zero-order valence-corrected chi connectivity index (χ0v) is 11.5. The average Bonchev–Trinajstić information content (AvgIpc) is 2.79. The van der Waals surface area contributed by atoms with Crippen LogP contribution >= 0.6 is 0 Å². The van der Waals surface area contributed by atoms with Crippen LogP contribution in [0.5, 0.6) is 0 Å². The first-order chi connectivity index (χ1) is 10.0. The molecule has 0 radical (unpaired) electrons. The van der Waals surface area contributed by atoms with Crippen LogP contribution in [0.25, 0.3) is 0 Å². The zero-order chi connectivity index (χ0) is 15.0. The predicted octanol–water partition coefficient (Wildman–Crippen LogP) is 2.35. The van der Waals surface area contributed by atoms with Gasteiger partial charge in [-0.1, -0.05) is 55.5 Å². The van der Waals surface area contributed by atoms with Crippen LogP contribution in [0.4, 0.5) is 5.69 Å². The van der Waals surface area contributed by atoms with Gasteiger partial charge in [0.2, 0.25) is 0 Å². The molecule has 2 aromatic rings. The van der Waals surface area contributed by atoms with Crippen molar-refractivity contribution >= 4 is 17.4 Å². The van der Waals surface area contributed by atoms with E-state index in [1.54, 1.807) is 55.5 Å². The molecule has 1 aliphatic heterocycles. The lowest BCUT2D eigenvalue weighted by Gasteiger charge is -2.27. The van der Waals surface area contributed by atoms with Crippen molar-refractivity contribution in [2.24, 2.45) is 5.92 Å². The maximum Gasteiger partial charge on any atom is 0.261 e. The topological polar surface area (TPSA) is 66.4 Å². The van der Waals surface area contributed by atoms with E-state index in [-0.39, 0.29) is 5.78 Å². The molecule has 0 saturated heterocycles. The first kappa shape index (κ1) is 13.5. The van der Waals surface area contributed by atoms with Crippen LogP contribution in [0.1, 0.15) is 22.8 Å². The minimum Gasteiger partial charge on any atom is -0.375 e. The van der Waals surface area contributed by atoms with Crippen LogP contribution in [0.2, 0.25) is 0 Å². The highest BCUT2D eigenvalue weighted by atomic mass is 16.3. The summed E-state index contributed by atoms with van der Waals surface area (Å²) >= 11 is 0. The quantitative estimate of drug-likeness (QED) is 0.849. The van der Waals surface area contributed by atoms with Gasteiger partial charge >= 0.3 is 0 Å². The maximum atomic E-state index is 12.6. The number of carbonyl (C=O) groups is 2. The zero-order valence-electron chi connectivity index (χ0n) is 11.5. The third-order valence-electron chi connectivity index (χ3n) is 4.01. The van der Waals surface area contributed by atoms with Crippen molar-refractivity contribution in [1.29, 1.82) is 0 Å². The van der Waals surface area contributed by atoms with Crippen molar-refractivity contribution in [3.05, 3.63) is 65.7 Å². The molecule has 0 aliphatic carbocycles. The van der Waals surface area contributed by atoms with Crippen LogP contribution in [-0.2, 0) is 10.4 Å². The lowest BCUT2D eigenvalue weighted by atomic mass is 9.79. The Morgan fingerprint density at radius 1 is 1.10 bits per heavy atom. The molecule has 1 aliphatic rings. The lowest BCUT2D eigenvalue weighted by molar-refractivity contribution is -0.137. The first-order valence-electron chi connectivity index (χ1n) is 6.77. The minimum absolute atomic E-state index is 0.259. The van der Waals surface area contributed by atoms with Crippen LogP contribution in [0.15, 0.2) is 54.6 Å². The molecule has 0 bridgehead atoms. The summed E-state index contributed by atoms with van der Waals surface area (Å²) < 4.78 is 0. The summed E-state index contributed by atoms with van der Waals surface area (Å²) in [5.74, 6) is -1.69. The molecule has 0 spiro atoms. The molecule has 1 heterocycles. The van der Waals surface area contributed by atoms with Crippen LogP contribution in [0.3, 0.4) is 0 Å². The lowest BCUT2D eigenvalue weighted by Crippen LogP contribution is -2.44. The summed E-state index contributed by atoms with van der Waals surface area (Å²) in [6.07, 6.45) is 0. The number of amides is 1. The number of fused-ring (bicyclic) bond motifs is 1. The number of hydrogen-bond acceptors (Lipinski definition) is 3. The predicted molar refractivity (Wildman–Crippen MR) is 78.9 cm³/mol. The Morgan fingerprint density at radius 2 is 1.71 bits per heavy atom. The fraction of sp³-hybridized carbons (Fsp3) is 0.176. The molecule has 0 fully saturated rings. The second-order valence-electron chi connectivity index (χ2n) is 5.22. The highest BCUT2D eigenvalue weighted by molar-refractivity contribution is 6.10. The summed E-state index contributed by atoms with van der Waals surface area (Å²) in [7, 11) is 0. The van der Waals surface area contributed by atoms with Gasteiger partial charge in [-0.2, -0.15) is 0 Å². The molecule has 4 nitrogen and oxygen atoms in total. The smallest absolute Gasteiger partial charge is 0.261 e. The molecule has 4 heteroatoms. The van der Waals surface area contributed by atoms with Gasteiger partial charge in [0, 0.05) is 16.8 Å². The Kier molecular flexibility index (Phi) is 3.11. The van der Waals surface area contributed by atoms with Crippen LogP contribution in [0, 0.1) is 5.92 Å². The van der Waals surface area contributed by atoms with E-state index in [1.807, 2.05) is 6.07 Å². The van der Waals surface area contributed by atoms with E-state index in [9.17, 15) is 14.7 Å². The van der Waals surface area contributed by atoms with E-state index < -0.39 is 17.4 Å². The summed E-state index contributed by atoms with van der Waals surface area (Å²) in [5, 5.41) is 13.5. The number of aliphatic hydroxyl groups is 1. The van der Waals surface area contributed by atoms with E-state index in [0.29, 0.717) is 16.8 Å². The summed E-state index contributed by atoms with van der Waals surface area (Å²) in [6.45, 7) is 1.58. The van der Waals surface area contributed by atoms with Crippen molar-refractivity contribution in [3.8, 4) is 0 Å². The van der Waals surface area contributed by atoms with E-state index >= 15 is 0 Å². The van der Waals surface area contributed by atoms with E-state index in [1.165, 1.54) is 0 Å². The molecule has 2 aromatic carbocycles. The Bertz CT molecular complexity index is 711. The standard InChI is InChI=1S/C17H15NO3/c1-11(15(19)12-7-3-2-4-8-12)17(21)13-9-5-6-10-14(13)18-16(17)20/h2-11,21H,1H3,(H,18,20)/t11-,17-/m1/s1. The highest BCUT2D eigenvalue weighted by Crippen LogP contribution is 2.41. The molecule has 0 aromatic heterocycles. The van der Waals surface area contributed by atoms with Crippen molar-refractivity contribution in [1.82, 2.24) is 0 Å². The second-order valence-corrected chi connectivity index (χ2v) is 5.22. The van der Waals surface area contributed by atoms with Crippen LogP contribution in [-0.4, -0.2) is 16.8 Å². The van der Waals surface area contributed by atoms with E-state index in [0.717, 1.165) is 0 Å². The van der Waals surface area contributed by atoms with E-state index in [2.05, 4.69) is 5.32 Å². The highest BCUT2D eigenvalue weighted by Gasteiger charge is 2.51. The number of anilines is 1. The molecular formula is C17H15NO3. The molecule has 1 amide bonds. The molecule has 2 atom stereocenters. The van der Waals surface area contributed by atoms with Gasteiger partial charge < -0.3 is 10.4 Å². The fourth-order valence-corrected chi connectivity index (χ4v) is 2.74. The normalized spacial score (nSPS) is 21.5. The number of carbonyl (C=O) groups excluding carboxylic acids is 2. The molecule has 21 heavy (non-hydrogen) atoms. The number of benzene rings is 2. The van der Waals surface area contributed by atoms with Gasteiger partial charge in [-0.05, 0) is 6.07 Å². The van der Waals surface area contributed by atoms with Crippen molar-refractivity contribution in [3.63, 3.8) is 0 Å². The van der Waals surface area contributed by atoms with Gasteiger partial charge in [-0.25, -0.2) is 0 Å². The fourth-order valence-electron chi connectivity index (χ4n) is 2.74. The molecule has 2 N–H and O–H groups in total.